The first kappa shape index (κ1) is 16.1. The van der Waals surface area contributed by atoms with E-state index in [-0.39, 0.29) is 0 Å². The van der Waals surface area contributed by atoms with Crippen molar-refractivity contribution in [1.29, 1.82) is 0 Å². The second-order valence-electron chi connectivity index (χ2n) is 5.61. The Kier molecular flexibility index (Phi) is 4.56. The fourth-order valence-electron chi connectivity index (χ4n) is 2.99. The molecular weight excluding hydrogens is 300 g/mol. The first-order valence-electron chi connectivity index (χ1n) is 8.02. The van der Waals surface area contributed by atoms with Gasteiger partial charge in [0, 0.05) is 23.7 Å². The average molecular weight is 322 g/mol. The van der Waals surface area contributed by atoms with Gasteiger partial charge in [0.15, 0.2) is 0 Å². The fourth-order valence-corrected chi connectivity index (χ4v) is 2.99. The molecule has 0 radical (unpaired) electrons. The van der Waals surface area contributed by atoms with Crippen molar-refractivity contribution in [2.75, 3.05) is 14.2 Å². The van der Waals surface area contributed by atoms with E-state index in [1.54, 1.807) is 14.2 Å². The smallest absolute Gasteiger partial charge is 0.118 e. The van der Waals surface area contributed by atoms with E-state index in [1.807, 2.05) is 36.0 Å². The van der Waals surface area contributed by atoms with E-state index in [1.165, 1.54) is 5.56 Å². The number of nitrogens with zero attached hydrogens (tertiary/aromatic N) is 2. The summed E-state index contributed by atoms with van der Waals surface area (Å²) in [7, 11) is 5.35. The maximum absolute atomic E-state index is 5.25. The lowest BCUT2D eigenvalue weighted by Gasteiger charge is -2.07. The Hall–Kier alpha value is -2.75. The van der Waals surface area contributed by atoms with E-state index in [0.29, 0.717) is 0 Å². The fraction of sp³-hybridized carbons (Fsp3) is 0.250. The zero-order valence-electron chi connectivity index (χ0n) is 14.5. The van der Waals surface area contributed by atoms with Crippen molar-refractivity contribution in [3.63, 3.8) is 0 Å². The quantitative estimate of drug-likeness (QED) is 0.701. The van der Waals surface area contributed by atoms with Crippen molar-refractivity contribution in [2.24, 2.45) is 7.05 Å². The molecule has 124 valence electrons. The summed E-state index contributed by atoms with van der Waals surface area (Å²) < 4.78 is 12.5. The number of rotatable bonds is 5. The van der Waals surface area contributed by atoms with Crippen LogP contribution in [0.2, 0.25) is 0 Å². The van der Waals surface area contributed by atoms with Gasteiger partial charge in [0.1, 0.15) is 11.5 Å². The summed E-state index contributed by atoms with van der Waals surface area (Å²) >= 11 is 0. The highest BCUT2D eigenvalue weighted by molar-refractivity contribution is 5.75. The monoisotopic (exact) mass is 322 g/mol. The molecule has 2 aromatic carbocycles. The lowest BCUT2D eigenvalue weighted by atomic mass is 10.00. The van der Waals surface area contributed by atoms with Crippen LogP contribution in [-0.4, -0.2) is 24.0 Å². The van der Waals surface area contributed by atoms with Crippen molar-refractivity contribution >= 4 is 0 Å². The maximum atomic E-state index is 5.25. The summed E-state index contributed by atoms with van der Waals surface area (Å²) in [4.78, 5) is 0. The summed E-state index contributed by atoms with van der Waals surface area (Å²) in [5.74, 6) is 1.71. The highest BCUT2D eigenvalue weighted by Gasteiger charge is 2.17. The Balaban J connectivity index is 2.08. The van der Waals surface area contributed by atoms with Crippen LogP contribution < -0.4 is 9.47 Å². The Morgan fingerprint density at radius 3 is 1.79 bits per heavy atom. The molecule has 0 saturated carbocycles. The molecule has 0 fully saturated rings. The number of methoxy groups -OCH3 is 2. The van der Waals surface area contributed by atoms with Crippen LogP contribution in [0.4, 0.5) is 0 Å². The molecule has 0 unspecified atom stereocenters. The summed E-state index contributed by atoms with van der Waals surface area (Å²) in [6, 6.07) is 16.2. The number of aromatic nitrogens is 2. The van der Waals surface area contributed by atoms with Crippen LogP contribution in [0.15, 0.2) is 48.5 Å². The molecular formula is C20H22N2O2. The Morgan fingerprint density at radius 2 is 1.33 bits per heavy atom. The van der Waals surface area contributed by atoms with Gasteiger partial charge in [0.25, 0.3) is 0 Å². The predicted molar refractivity (Wildman–Crippen MR) is 96.6 cm³/mol. The number of hydrogen-bond acceptors (Lipinski definition) is 3. The second kappa shape index (κ2) is 6.79. The van der Waals surface area contributed by atoms with Crippen LogP contribution in [0.3, 0.4) is 0 Å². The Labute approximate surface area is 142 Å². The molecule has 4 heteroatoms. The van der Waals surface area contributed by atoms with Crippen LogP contribution in [0.25, 0.3) is 22.5 Å². The standard InChI is InChI=1S/C20H22N2O2/c1-5-18-19(14-6-10-16(23-3)11-7-14)21-22(2)20(18)15-8-12-17(24-4)13-9-15/h6-13H,5H2,1-4H3. The van der Waals surface area contributed by atoms with Gasteiger partial charge in [-0.1, -0.05) is 6.92 Å². The molecule has 0 bridgehead atoms. The maximum Gasteiger partial charge on any atom is 0.118 e. The van der Waals surface area contributed by atoms with Crippen molar-refractivity contribution in [3.8, 4) is 34.0 Å². The molecule has 1 heterocycles. The summed E-state index contributed by atoms with van der Waals surface area (Å²) in [6.45, 7) is 2.16. The van der Waals surface area contributed by atoms with Crippen LogP contribution in [0, 0.1) is 0 Å². The lowest BCUT2D eigenvalue weighted by molar-refractivity contribution is 0.414. The minimum atomic E-state index is 0.850. The minimum Gasteiger partial charge on any atom is -0.497 e. The molecule has 1 aromatic heterocycles. The average Bonchev–Trinajstić information content (AvgIpc) is 2.98. The zero-order chi connectivity index (χ0) is 17.1. The molecule has 0 aliphatic rings. The number of aryl methyl sites for hydroxylation is 1. The Morgan fingerprint density at radius 1 is 0.833 bits per heavy atom. The number of ether oxygens (including phenoxy) is 2. The molecule has 0 atom stereocenters. The summed E-state index contributed by atoms with van der Waals surface area (Å²) in [6.07, 6.45) is 0.913. The third-order valence-corrected chi connectivity index (χ3v) is 4.23. The van der Waals surface area contributed by atoms with Gasteiger partial charge < -0.3 is 9.47 Å². The van der Waals surface area contributed by atoms with E-state index in [9.17, 15) is 0 Å². The normalized spacial score (nSPS) is 10.7. The minimum absolute atomic E-state index is 0.850. The van der Waals surface area contributed by atoms with Crippen molar-refractivity contribution in [1.82, 2.24) is 9.78 Å². The molecule has 0 spiro atoms. The lowest BCUT2D eigenvalue weighted by Crippen LogP contribution is -1.95. The summed E-state index contributed by atoms with van der Waals surface area (Å²) in [5, 5.41) is 4.77. The molecule has 24 heavy (non-hydrogen) atoms. The molecule has 0 aliphatic heterocycles. The van der Waals surface area contributed by atoms with Crippen LogP contribution in [0.1, 0.15) is 12.5 Å². The van der Waals surface area contributed by atoms with Crippen molar-refractivity contribution < 1.29 is 9.47 Å². The van der Waals surface area contributed by atoms with Crippen LogP contribution >= 0.6 is 0 Å². The SMILES string of the molecule is CCc1c(-c2ccc(OC)cc2)nn(C)c1-c1ccc(OC)cc1. The topological polar surface area (TPSA) is 36.3 Å². The van der Waals surface area contributed by atoms with Gasteiger partial charge in [0.05, 0.1) is 25.6 Å². The van der Waals surface area contributed by atoms with Gasteiger partial charge in [-0.25, -0.2) is 0 Å². The van der Waals surface area contributed by atoms with Crippen molar-refractivity contribution in [2.45, 2.75) is 13.3 Å². The van der Waals surface area contributed by atoms with E-state index >= 15 is 0 Å². The van der Waals surface area contributed by atoms with Gasteiger partial charge in [0.2, 0.25) is 0 Å². The molecule has 3 rings (SSSR count). The Bertz CT molecular complexity index is 818. The predicted octanol–water partition coefficient (Wildman–Crippen LogP) is 4.33. The molecule has 0 amide bonds. The molecule has 4 nitrogen and oxygen atoms in total. The number of hydrogen-bond donors (Lipinski definition) is 0. The van der Waals surface area contributed by atoms with Gasteiger partial charge >= 0.3 is 0 Å². The van der Waals surface area contributed by atoms with Crippen molar-refractivity contribution in [3.05, 3.63) is 54.1 Å². The van der Waals surface area contributed by atoms with Gasteiger partial charge in [-0.2, -0.15) is 5.10 Å². The molecule has 0 aliphatic carbocycles. The summed E-state index contributed by atoms with van der Waals surface area (Å²) in [5.41, 5.74) is 5.65. The first-order chi connectivity index (χ1) is 11.7. The zero-order valence-corrected chi connectivity index (χ0v) is 14.5. The molecule has 3 aromatic rings. The van der Waals surface area contributed by atoms with E-state index in [4.69, 9.17) is 14.6 Å². The van der Waals surface area contributed by atoms with E-state index in [2.05, 4.69) is 31.2 Å². The van der Waals surface area contributed by atoms with Gasteiger partial charge in [-0.05, 0) is 55.0 Å². The molecule has 0 saturated heterocycles. The van der Waals surface area contributed by atoms with E-state index < -0.39 is 0 Å². The second-order valence-corrected chi connectivity index (χ2v) is 5.61. The van der Waals surface area contributed by atoms with Crippen LogP contribution in [-0.2, 0) is 13.5 Å². The molecule has 0 N–H and O–H groups in total. The highest BCUT2D eigenvalue weighted by atomic mass is 16.5. The van der Waals surface area contributed by atoms with Crippen LogP contribution in [0.5, 0.6) is 11.5 Å². The first-order valence-corrected chi connectivity index (χ1v) is 8.02. The van der Waals surface area contributed by atoms with Gasteiger partial charge in [-0.15, -0.1) is 0 Å². The highest BCUT2D eigenvalue weighted by Crippen LogP contribution is 2.33. The largest absolute Gasteiger partial charge is 0.497 e. The number of benzene rings is 2. The third kappa shape index (κ3) is 2.87. The van der Waals surface area contributed by atoms with E-state index in [0.717, 1.165) is 40.4 Å². The van der Waals surface area contributed by atoms with Gasteiger partial charge in [-0.3, -0.25) is 4.68 Å². The third-order valence-electron chi connectivity index (χ3n) is 4.23.